The van der Waals surface area contributed by atoms with E-state index < -0.39 is 11.7 Å². The smallest absolute Gasteiger partial charge is 0.131 e. The molecule has 0 fully saturated rings. The van der Waals surface area contributed by atoms with Gasteiger partial charge in [-0.05, 0) is 37.0 Å². The van der Waals surface area contributed by atoms with Crippen molar-refractivity contribution in [3.8, 4) is 0 Å². The zero-order valence-electron chi connectivity index (χ0n) is 10.8. The molecule has 0 aromatic carbocycles. The van der Waals surface area contributed by atoms with E-state index in [1.165, 1.54) is 11.6 Å². The molecule has 2 atom stereocenters. The third-order valence-electron chi connectivity index (χ3n) is 5.07. The van der Waals surface area contributed by atoms with Crippen molar-refractivity contribution in [2.24, 2.45) is 0 Å². The van der Waals surface area contributed by atoms with Crippen LogP contribution in [0.1, 0.15) is 54.5 Å². The lowest BCUT2D eigenvalue weighted by molar-refractivity contribution is 0.519. The van der Waals surface area contributed by atoms with E-state index in [4.69, 9.17) is 0 Å². The van der Waals surface area contributed by atoms with E-state index in [-0.39, 0.29) is 12.0 Å². The fourth-order valence-corrected chi connectivity index (χ4v) is 4.06. The number of rotatable bonds is 1. The number of fused-ring (bicyclic) bond motifs is 3. The van der Waals surface area contributed by atoms with Crippen LogP contribution in [0, 0.1) is 0 Å². The van der Waals surface area contributed by atoms with Gasteiger partial charge in [-0.2, -0.15) is 10.2 Å². The van der Waals surface area contributed by atoms with Gasteiger partial charge < -0.3 is 0 Å². The fourth-order valence-electron chi connectivity index (χ4n) is 4.06. The molecule has 0 aliphatic heterocycles. The quantitative estimate of drug-likeness (QED) is 0.718. The molecule has 0 N–H and O–H groups in total. The number of hydrogen-bond acceptors (Lipinski definition) is 2. The predicted molar refractivity (Wildman–Crippen MR) is 70.2 cm³/mol. The Morgan fingerprint density at radius 2 is 1.95 bits per heavy atom. The number of hydrogen-bond donors (Lipinski definition) is 0. The summed E-state index contributed by atoms with van der Waals surface area (Å²) in [5.41, 5.74) is 5.63. The molecule has 0 saturated carbocycles. The minimum atomic E-state index is -0.502. The van der Waals surface area contributed by atoms with E-state index in [9.17, 15) is 8.78 Å². The monoisotopic (exact) mass is 270 g/mol. The highest BCUT2D eigenvalue weighted by Gasteiger charge is 2.52. The van der Waals surface area contributed by atoms with Crippen LogP contribution in [-0.4, -0.2) is 10.2 Å². The molecule has 20 heavy (non-hydrogen) atoms. The van der Waals surface area contributed by atoms with Crippen LogP contribution in [0.3, 0.4) is 0 Å². The summed E-state index contributed by atoms with van der Waals surface area (Å²) in [7, 11) is 0. The number of nitrogens with zero attached hydrogens (tertiary/aromatic N) is 2. The Hall–Kier alpha value is -1.84. The summed E-state index contributed by atoms with van der Waals surface area (Å²) in [5, 5.41) is 8.38. The highest BCUT2D eigenvalue weighted by atomic mass is 19.1. The molecule has 1 heterocycles. The van der Waals surface area contributed by atoms with Crippen LogP contribution >= 0.6 is 0 Å². The molecule has 0 radical (unpaired) electrons. The van der Waals surface area contributed by atoms with Crippen LogP contribution in [0.15, 0.2) is 34.9 Å². The first-order valence-corrected chi connectivity index (χ1v) is 7.08. The first kappa shape index (κ1) is 10.9. The Morgan fingerprint density at radius 1 is 1.10 bits per heavy atom. The highest BCUT2D eigenvalue weighted by molar-refractivity contribution is 5.78. The lowest BCUT2D eigenvalue weighted by Gasteiger charge is -2.40. The minimum Gasteiger partial charge on any atom is -0.211 e. The molecular formula is C16H12F2N2. The van der Waals surface area contributed by atoms with E-state index in [0.29, 0.717) is 24.0 Å². The van der Waals surface area contributed by atoms with Gasteiger partial charge in [-0.1, -0.05) is 11.1 Å². The van der Waals surface area contributed by atoms with Crippen LogP contribution in [0.4, 0.5) is 8.78 Å². The average Bonchev–Trinajstić information content (AvgIpc) is 2.53. The Kier molecular flexibility index (Phi) is 1.87. The van der Waals surface area contributed by atoms with Gasteiger partial charge >= 0.3 is 0 Å². The van der Waals surface area contributed by atoms with Gasteiger partial charge in [-0.15, -0.1) is 0 Å². The standard InChI is InChI=1S/C16H12F2N2/c17-11-2-1-3-12(18)15(11)13-6-9-8-4-7-5-10(14(7)8)16(9)20-19-13/h2,6,8,10H,1,3-5H2/t8-,10-/m0/s1. The summed E-state index contributed by atoms with van der Waals surface area (Å²) >= 11 is 0. The van der Waals surface area contributed by atoms with Crippen LogP contribution < -0.4 is 0 Å². The molecule has 100 valence electrons. The first-order valence-electron chi connectivity index (χ1n) is 7.08. The molecule has 4 heteroatoms. The summed E-state index contributed by atoms with van der Waals surface area (Å²) < 4.78 is 27.8. The second kappa shape index (κ2) is 3.43. The third kappa shape index (κ3) is 1.14. The lowest BCUT2D eigenvalue weighted by Crippen LogP contribution is -2.24. The summed E-state index contributed by atoms with van der Waals surface area (Å²) in [6.45, 7) is 0. The van der Waals surface area contributed by atoms with Crippen molar-refractivity contribution in [2.45, 2.75) is 37.5 Å². The fraction of sp³-hybridized carbons (Fsp3) is 0.375. The van der Waals surface area contributed by atoms with Crippen molar-refractivity contribution in [1.29, 1.82) is 0 Å². The van der Waals surface area contributed by atoms with Gasteiger partial charge in [0.05, 0.1) is 17.0 Å². The van der Waals surface area contributed by atoms with Crippen molar-refractivity contribution in [3.63, 3.8) is 0 Å². The third-order valence-corrected chi connectivity index (χ3v) is 5.07. The maximum Gasteiger partial charge on any atom is 0.131 e. The zero-order chi connectivity index (χ0) is 13.4. The van der Waals surface area contributed by atoms with Crippen molar-refractivity contribution < 1.29 is 8.78 Å². The van der Waals surface area contributed by atoms with Crippen molar-refractivity contribution in [1.82, 2.24) is 10.2 Å². The molecular weight excluding hydrogens is 258 g/mol. The molecule has 4 aliphatic carbocycles. The van der Waals surface area contributed by atoms with Gasteiger partial charge in [0.2, 0.25) is 0 Å². The molecule has 0 unspecified atom stereocenters. The Balaban J connectivity index is 1.65. The first-order chi connectivity index (χ1) is 9.74. The predicted octanol–water partition coefficient (Wildman–Crippen LogP) is 4.09. The molecule has 2 nitrogen and oxygen atoms in total. The summed E-state index contributed by atoms with van der Waals surface area (Å²) in [4.78, 5) is 0. The topological polar surface area (TPSA) is 25.8 Å². The zero-order valence-corrected chi connectivity index (χ0v) is 10.8. The average molecular weight is 270 g/mol. The maximum atomic E-state index is 13.9. The van der Waals surface area contributed by atoms with Crippen molar-refractivity contribution in [3.05, 3.63) is 51.9 Å². The Labute approximate surface area is 114 Å². The molecule has 5 rings (SSSR count). The number of allylic oxidation sites excluding steroid dienone is 6. The highest BCUT2D eigenvalue weighted by Crippen LogP contribution is 2.66. The summed E-state index contributed by atoms with van der Waals surface area (Å²) in [6.07, 6.45) is 4.31. The molecule has 0 saturated heterocycles. The SMILES string of the molecule is FC1=CCCC(F)=C1c1cc2c(nn1)[C@H]1CC3=C1[C@H]2C3. The lowest BCUT2D eigenvalue weighted by atomic mass is 9.63. The molecule has 1 aromatic heterocycles. The van der Waals surface area contributed by atoms with E-state index in [2.05, 4.69) is 10.2 Å². The van der Waals surface area contributed by atoms with Gasteiger partial charge in [0, 0.05) is 18.3 Å². The summed E-state index contributed by atoms with van der Waals surface area (Å²) in [5.74, 6) is -0.00983. The van der Waals surface area contributed by atoms with Crippen LogP contribution in [0.25, 0.3) is 5.57 Å². The molecule has 4 aliphatic rings. The van der Waals surface area contributed by atoms with Gasteiger partial charge in [-0.3, -0.25) is 0 Å². The normalized spacial score (nSPS) is 29.6. The number of aromatic nitrogens is 2. The Morgan fingerprint density at radius 3 is 2.75 bits per heavy atom. The van der Waals surface area contributed by atoms with E-state index in [0.717, 1.165) is 24.1 Å². The summed E-state index contributed by atoms with van der Waals surface area (Å²) in [6, 6.07) is 1.86. The van der Waals surface area contributed by atoms with Gasteiger partial charge in [0.1, 0.15) is 11.7 Å². The van der Waals surface area contributed by atoms with Crippen LogP contribution in [0.5, 0.6) is 0 Å². The Bertz CT molecular complexity index is 758. The second-order valence-electron chi connectivity index (χ2n) is 6.01. The second-order valence-corrected chi connectivity index (χ2v) is 6.01. The van der Waals surface area contributed by atoms with E-state index in [1.807, 2.05) is 6.07 Å². The van der Waals surface area contributed by atoms with Crippen LogP contribution in [-0.2, 0) is 0 Å². The van der Waals surface area contributed by atoms with E-state index in [1.54, 1.807) is 5.57 Å². The van der Waals surface area contributed by atoms with Crippen molar-refractivity contribution >= 4 is 5.57 Å². The molecule has 0 amide bonds. The minimum absolute atomic E-state index is 0.0133. The van der Waals surface area contributed by atoms with E-state index >= 15 is 0 Å². The molecule has 1 aromatic rings. The number of halogens is 2. The maximum absolute atomic E-state index is 13.9. The van der Waals surface area contributed by atoms with Gasteiger partial charge in [0.15, 0.2) is 0 Å². The molecule has 0 spiro atoms. The molecule has 0 bridgehead atoms. The van der Waals surface area contributed by atoms with Crippen molar-refractivity contribution in [2.75, 3.05) is 0 Å². The van der Waals surface area contributed by atoms with Crippen LogP contribution in [0.2, 0.25) is 0 Å². The van der Waals surface area contributed by atoms with Gasteiger partial charge in [0.25, 0.3) is 0 Å². The largest absolute Gasteiger partial charge is 0.211 e. The van der Waals surface area contributed by atoms with Gasteiger partial charge in [-0.25, -0.2) is 8.78 Å².